The predicted octanol–water partition coefficient (Wildman–Crippen LogP) is 3.01. The summed E-state index contributed by atoms with van der Waals surface area (Å²) in [7, 11) is 1.47. The van der Waals surface area contributed by atoms with Crippen LogP contribution in [0.2, 0.25) is 0 Å². The number of para-hydroxylation sites is 1. The lowest BCUT2D eigenvalue weighted by atomic mass is 9.72. The van der Waals surface area contributed by atoms with Crippen molar-refractivity contribution in [3.63, 3.8) is 0 Å². The summed E-state index contributed by atoms with van der Waals surface area (Å²) in [6.07, 6.45) is 3.02. The lowest BCUT2D eigenvalue weighted by molar-refractivity contribution is -0.148. The zero-order chi connectivity index (χ0) is 19.2. The van der Waals surface area contributed by atoms with Crippen molar-refractivity contribution in [2.75, 3.05) is 26.7 Å². The third-order valence-corrected chi connectivity index (χ3v) is 6.74. The van der Waals surface area contributed by atoms with Gasteiger partial charge in [-0.05, 0) is 50.2 Å². The Bertz CT molecular complexity index is 860. The van der Waals surface area contributed by atoms with Gasteiger partial charge < -0.3 is 14.8 Å². The molecule has 2 bridgehead atoms. The number of hydrogen-bond donors (Lipinski definition) is 2. The molecule has 0 amide bonds. The van der Waals surface area contributed by atoms with Gasteiger partial charge in [0.1, 0.15) is 5.41 Å². The molecular formula is C22H30N2O3. The number of rotatable bonds is 2. The van der Waals surface area contributed by atoms with Gasteiger partial charge in [0, 0.05) is 36.2 Å². The van der Waals surface area contributed by atoms with Gasteiger partial charge in [-0.15, -0.1) is 0 Å². The third-order valence-electron chi connectivity index (χ3n) is 6.74. The van der Waals surface area contributed by atoms with Gasteiger partial charge in [-0.25, -0.2) is 0 Å². The summed E-state index contributed by atoms with van der Waals surface area (Å²) in [6, 6.07) is 8.27. The number of ether oxygens (including phenoxy) is 1. The Hall–Kier alpha value is -1.85. The van der Waals surface area contributed by atoms with Crippen LogP contribution in [-0.4, -0.2) is 53.3 Å². The van der Waals surface area contributed by atoms with Crippen molar-refractivity contribution < 1.29 is 14.6 Å². The molecule has 0 spiro atoms. The summed E-state index contributed by atoms with van der Waals surface area (Å²) in [5, 5.41) is 12.2. The van der Waals surface area contributed by atoms with E-state index in [0.717, 1.165) is 43.6 Å². The fourth-order valence-corrected chi connectivity index (χ4v) is 5.37. The van der Waals surface area contributed by atoms with Gasteiger partial charge in [-0.2, -0.15) is 0 Å². The maximum absolute atomic E-state index is 13.0. The average Bonchev–Trinajstić information content (AvgIpc) is 3.05. The molecule has 2 aliphatic heterocycles. The molecule has 27 heavy (non-hydrogen) atoms. The molecule has 5 nitrogen and oxygen atoms in total. The summed E-state index contributed by atoms with van der Waals surface area (Å²) in [4.78, 5) is 18.9. The number of benzene rings is 1. The van der Waals surface area contributed by atoms with Gasteiger partial charge in [0.25, 0.3) is 0 Å². The molecule has 5 heteroatoms. The predicted molar refractivity (Wildman–Crippen MR) is 106 cm³/mol. The molecule has 1 saturated heterocycles. The average molecular weight is 370 g/mol. The van der Waals surface area contributed by atoms with Crippen LogP contribution >= 0.6 is 0 Å². The van der Waals surface area contributed by atoms with Gasteiger partial charge in [0.15, 0.2) is 0 Å². The minimum atomic E-state index is -0.740. The van der Waals surface area contributed by atoms with Crippen LogP contribution in [0.15, 0.2) is 24.3 Å². The normalized spacial score (nSPS) is 33.6. The highest BCUT2D eigenvalue weighted by Crippen LogP contribution is 2.42. The van der Waals surface area contributed by atoms with Gasteiger partial charge in [0.05, 0.1) is 12.7 Å². The summed E-state index contributed by atoms with van der Waals surface area (Å²) < 4.78 is 5.26. The third kappa shape index (κ3) is 3.07. The molecule has 0 aliphatic carbocycles. The van der Waals surface area contributed by atoms with Crippen LogP contribution in [0.25, 0.3) is 10.9 Å². The first-order valence-electron chi connectivity index (χ1n) is 10.0. The van der Waals surface area contributed by atoms with Crippen molar-refractivity contribution in [1.29, 1.82) is 0 Å². The molecule has 1 aromatic heterocycles. The largest absolute Gasteiger partial charge is 0.468 e. The SMILES string of the molecule is CCC1(O)C[C@H]2C[N@](CCc3c([nH]c4ccccc34)[C@](C)(C(=O)OC)C2)C1. The summed E-state index contributed by atoms with van der Waals surface area (Å²) in [5.74, 6) is 0.0551. The molecule has 3 heterocycles. The quantitative estimate of drug-likeness (QED) is 0.798. The van der Waals surface area contributed by atoms with Crippen LogP contribution in [0, 0.1) is 5.92 Å². The van der Waals surface area contributed by atoms with E-state index in [4.69, 9.17) is 4.74 Å². The van der Waals surface area contributed by atoms with E-state index in [2.05, 4.69) is 28.9 Å². The molecular weight excluding hydrogens is 340 g/mol. The van der Waals surface area contributed by atoms with Crippen molar-refractivity contribution in [3.8, 4) is 0 Å². The van der Waals surface area contributed by atoms with E-state index in [0.29, 0.717) is 13.0 Å². The number of nitrogens with zero attached hydrogens (tertiary/aromatic N) is 1. The van der Waals surface area contributed by atoms with Gasteiger partial charge in [-0.3, -0.25) is 9.69 Å². The van der Waals surface area contributed by atoms with Gasteiger partial charge in [0.2, 0.25) is 0 Å². The number of carbonyl (C=O) groups is 1. The van der Waals surface area contributed by atoms with Crippen molar-refractivity contribution in [3.05, 3.63) is 35.5 Å². The van der Waals surface area contributed by atoms with E-state index in [1.807, 2.05) is 19.1 Å². The number of carbonyl (C=O) groups excluding carboxylic acids is 1. The smallest absolute Gasteiger partial charge is 0.317 e. The summed E-state index contributed by atoms with van der Waals surface area (Å²) in [6.45, 7) is 6.59. The minimum absolute atomic E-state index is 0.200. The maximum atomic E-state index is 13.0. The van der Waals surface area contributed by atoms with Crippen LogP contribution in [0.1, 0.15) is 44.4 Å². The Labute approximate surface area is 160 Å². The number of fused-ring (bicyclic) bond motifs is 5. The van der Waals surface area contributed by atoms with Crippen LogP contribution in [-0.2, 0) is 21.4 Å². The first-order chi connectivity index (χ1) is 12.9. The highest BCUT2D eigenvalue weighted by atomic mass is 16.5. The van der Waals surface area contributed by atoms with Crippen molar-refractivity contribution in [2.45, 2.75) is 50.5 Å². The molecule has 1 unspecified atom stereocenters. The number of esters is 1. The van der Waals surface area contributed by atoms with Crippen LogP contribution in [0.4, 0.5) is 0 Å². The molecule has 4 atom stereocenters. The first-order valence-corrected chi connectivity index (χ1v) is 10.0. The zero-order valence-electron chi connectivity index (χ0n) is 16.5. The zero-order valence-corrected chi connectivity index (χ0v) is 16.5. The van der Waals surface area contributed by atoms with E-state index >= 15 is 0 Å². The molecule has 1 fully saturated rings. The highest BCUT2D eigenvalue weighted by molar-refractivity contribution is 5.90. The second kappa shape index (κ2) is 6.64. The number of aliphatic hydroxyl groups is 1. The standard InChI is InChI=1S/C22H30N2O3/c1-4-22(26)12-15-11-21(2,20(25)27-3)19-17(9-10-24(13-15)14-22)16-7-5-6-8-18(16)23-19/h5-8,15,23,26H,4,9-14H2,1-3H3/t15-,21+,22?/m0/s1. The highest BCUT2D eigenvalue weighted by Gasteiger charge is 2.46. The first kappa shape index (κ1) is 18.5. The fourth-order valence-electron chi connectivity index (χ4n) is 5.37. The maximum Gasteiger partial charge on any atom is 0.317 e. The number of piperidine rings is 1. The van der Waals surface area contributed by atoms with Crippen LogP contribution in [0.5, 0.6) is 0 Å². The monoisotopic (exact) mass is 370 g/mol. The van der Waals surface area contributed by atoms with E-state index in [-0.39, 0.29) is 11.9 Å². The Morgan fingerprint density at radius 2 is 2.15 bits per heavy atom. The lowest BCUT2D eigenvalue weighted by Gasteiger charge is -2.44. The van der Waals surface area contributed by atoms with Crippen LogP contribution in [0.3, 0.4) is 0 Å². The Kier molecular flexibility index (Phi) is 4.55. The second-order valence-electron chi connectivity index (χ2n) is 8.69. The van der Waals surface area contributed by atoms with Crippen molar-refractivity contribution in [2.24, 2.45) is 5.92 Å². The van der Waals surface area contributed by atoms with Gasteiger partial charge in [-0.1, -0.05) is 25.1 Å². The molecule has 2 aromatic rings. The number of nitrogens with one attached hydrogen (secondary N) is 1. The number of aromatic nitrogens is 1. The number of methoxy groups -OCH3 is 1. The van der Waals surface area contributed by atoms with E-state index in [9.17, 15) is 9.90 Å². The van der Waals surface area contributed by atoms with E-state index in [1.165, 1.54) is 18.1 Å². The fraction of sp³-hybridized carbons (Fsp3) is 0.591. The lowest BCUT2D eigenvalue weighted by Crippen LogP contribution is -2.52. The molecule has 0 saturated carbocycles. The summed E-state index contributed by atoms with van der Waals surface area (Å²) in [5.41, 5.74) is 1.87. The van der Waals surface area contributed by atoms with E-state index < -0.39 is 11.0 Å². The van der Waals surface area contributed by atoms with Crippen molar-refractivity contribution >= 4 is 16.9 Å². The second-order valence-corrected chi connectivity index (χ2v) is 8.69. The van der Waals surface area contributed by atoms with Crippen molar-refractivity contribution in [1.82, 2.24) is 9.88 Å². The number of H-pyrrole nitrogens is 1. The number of aromatic amines is 1. The Morgan fingerprint density at radius 3 is 2.89 bits per heavy atom. The topological polar surface area (TPSA) is 65.6 Å². The molecule has 1 aromatic carbocycles. The Morgan fingerprint density at radius 1 is 1.37 bits per heavy atom. The van der Waals surface area contributed by atoms with E-state index in [1.54, 1.807) is 0 Å². The summed E-state index contributed by atoms with van der Waals surface area (Å²) >= 11 is 0. The molecule has 4 rings (SSSR count). The van der Waals surface area contributed by atoms with Gasteiger partial charge >= 0.3 is 5.97 Å². The minimum Gasteiger partial charge on any atom is -0.468 e. The Balaban J connectivity index is 1.86. The molecule has 2 N–H and O–H groups in total. The van der Waals surface area contributed by atoms with Crippen LogP contribution < -0.4 is 0 Å². The molecule has 146 valence electrons. The molecule has 2 aliphatic rings. The molecule has 0 radical (unpaired) electrons. The number of hydrogen-bond acceptors (Lipinski definition) is 4.